The summed E-state index contributed by atoms with van der Waals surface area (Å²) in [5.41, 5.74) is 0. The Labute approximate surface area is 495 Å². The van der Waals surface area contributed by atoms with Gasteiger partial charge in [0.1, 0.15) is 0 Å². The van der Waals surface area contributed by atoms with E-state index in [9.17, 15) is 19.8 Å². The normalized spacial score (nSPS) is 12.5. The number of rotatable bonds is 69. The molecular formula is C73H143NO5. The molecule has 0 fully saturated rings. The van der Waals surface area contributed by atoms with Crippen LogP contribution in [0.15, 0.2) is 12.2 Å². The third-order valence-corrected chi connectivity index (χ3v) is 17.3. The predicted molar refractivity (Wildman–Crippen MR) is 347 cm³/mol. The summed E-state index contributed by atoms with van der Waals surface area (Å²) in [6, 6.07) is -0.537. The van der Waals surface area contributed by atoms with E-state index in [2.05, 4.69) is 31.3 Å². The number of allylic oxidation sites excluding steroid dienone is 2. The molecular weight excluding hydrogens is 971 g/mol. The molecule has 6 nitrogen and oxygen atoms in total. The molecule has 79 heavy (non-hydrogen) atoms. The minimum absolute atomic E-state index is 0.0124. The van der Waals surface area contributed by atoms with Gasteiger partial charge in [-0.25, -0.2) is 0 Å². The largest absolute Gasteiger partial charge is 0.466 e. The van der Waals surface area contributed by atoms with Crippen molar-refractivity contribution in [2.75, 3.05) is 13.2 Å². The number of amides is 1. The Morgan fingerprint density at radius 2 is 0.595 bits per heavy atom. The molecule has 0 saturated carbocycles. The van der Waals surface area contributed by atoms with Crippen LogP contribution in [0.2, 0.25) is 0 Å². The third-order valence-electron chi connectivity index (χ3n) is 17.3. The predicted octanol–water partition coefficient (Wildman–Crippen LogP) is 23.5. The van der Waals surface area contributed by atoms with Crippen molar-refractivity contribution in [2.24, 2.45) is 0 Å². The van der Waals surface area contributed by atoms with Gasteiger partial charge in [-0.15, -0.1) is 0 Å². The summed E-state index contributed by atoms with van der Waals surface area (Å²) in [5.74, 6) is -0.0136. The maximum absolute atomic E-state index is 12.5. The second kappa shape index (κ2) is 69.1. The molecule has 0 aliphatic rings. The van der Waals surface area contributed by atoms with Crippen LogP contribution in [0, 0.1) is 0 Å². The molecule has 0 spiro atoms. The number of aliphatic hydroxyl groups excluding tert-OH is 2. The lowest BCUT2D eigenvalue weighted by Gasteiger charge is -2.22. The van der Waals surface area contributed by atoms with E-state index in [4.69, 9.17) is 4.74 Å². The van der Waals surface area contributed by atoms with Gasteiger partial charge < -0.3 is 20.3 Å². The number of carbonyl (C=O) groups excluding carboxylic acids is 2. The van der Waals surface area contributed by atoms with Crippen LogP contribution in [-0.4, -0.2) is 47.4 Å². The van der Waals surface area contributed by atoms with Crippen LogP contribution in [0.5, 0.6) is 0 Å². The molecule has 0 rings (SSSR count). The average Bonchev–Trinajstić information content (AvgIpc) is 3.45. The topological polar surface area (TPSA) is 95.9 Å². The monoisotopic (exact) mass is 1110 g/mol. The highest BCUT2D eigenvalue weighted by molar-refractivity contribution is 5.76. The molecule has 1 amide bonds. The van der Waals surface area contributed by atoms with E-state index in [1.165, 1.54) is 340 Å². The summed E-state index contributed by atoms with van der Waals surface area (Å²) in [6.07, 6.45) is 85.7. The van der Waals surface area contributed by atoms with Gasteiger partial charge in [0.05, 0.1) is 25.4 Å². The molecule has 0 aliphatic carbocycles. The smallest absolute Gasteiger partial charge is 0.305 e. The van der Waals surface area contributed by atoms with Crippen molar-refractivity contribution < 1.29 is 24.5 Å². The summed E-state index contributed by atoms with van der Waals surface area (Å²) in [5, 5.41) is 23.4. The highest BCUT2D eigenvalue weighted by Crippen LogP contribution is 2.20. The van der Waals surface area contributed by atoms with Gasteiger partial charge in [-0.1, -0.05) is 366 Å². The SMILES string of the molecule is CCCCC/C=C\CCCCCCCC(=O)OCCCCCCCCCCCCCCCCCCCCCCCCCCCCCCCCCCCC(=O)NC(CO)C(O)CCCCCCCCCCCCCCCCCCC. The molecule has 0 aromatic carbocycles. The molecule has 0 saturated heterocycles. The van der Waals surface area contributed by atoms with E-state index in [-0.39, 0.29) is 18.5 Å². The quantitative estimate of drug-likeness (QED) is 0.0320. The standard InChI is InChI=1S/C73H143NO5/c1-3-5-7-9-11-13-15-17-18-36-39-42-45-49-53-57-61-65-71(76)70(69-75)74-72(77)66-62-58-54-50-46-43-40-37-34-32-30-28-26-24-22-20-19-21-23-25-27-29-31-33-35-38-41-44-48-52-56-60-64-68-79-73(78)67-63-59-55-51-47-16-14-12-10-8-6-4-2/h12,14,70-71,75-76H,3-11,13,15-69H2,1-2H3,(H,74,77)/b14-12-. The Bertz CT molecular complexity index is 1190. The fourth-order valence-electron chi connectivity index (χ4n) is 11.8. The van der Waals surface area contributed by atoms with Crippen molar-refractivity contribution in [1.29, 1.82) is 0 Å². The van der Waals surface area contributed by atoms with Crippen LogP contribution in [0.4, 0.5) is 0 Å². The zero-order valence-electron chi connectivity index (χ0n) is 53.9. The maximum Gasteiger partial charge on any atom is 0.305 e. The zero-order valence-corrected chi connectivity index (χ0v) is 53.9. The minimum atomic E-state index is -0.660. The van der Waals surface area contributed by atoms with E-state index in [1.54, 1.807) is 0 Å². The number of unbranched alkanes of at least 4 members (excludes halogenated alkanes) is 56. The number of hydrogen-bond acceptors (Lipinski definition) is 5. The van der Waals surface area contributed by atoms with Gasteiger partial charge in [-0.3, -0.25) is 9.59 Å². The first-order valence-corrected chi connectivity index (χ1v) is 36.4. The molecule has 0 bridgehead atoms. The minimum Gasteiger partial charge on any atom is -0.466 e. The van der Waals surface area contributed by atoms with Gasteiger partial charge >= 0.3 is 5.97 Å². The summed E-state index contributed by atoms with van der Waals surface area (Å²) in [6.45, 7) is 4.97. The number of nitrogens with one attached hydrogen (secondary N) is 1. The average molecular weight is 1110 g/mol. The first kappa shape index (κ1) is 77.6. The Kier molecular flexibility index (Phi) is 67.9. The molecule has 3 N–H and O–H groups in total. The zero-order chi connectivity index (χ0) is 57.1. The van der Waals surface area contributed by atoms with E-state index in [0.717, 1.165) is 44.9 Å². The van der Waals surface area contributed by atoms with Gasteiger partial charge in [0.25, 0.3) is 0 Å². The number of esters is 1. The number of aliphatic hydroxyl groups is 2. The molecule has 0 radical (unpaired) electrons. The van der Waals surface area contributed by atoms with E-state index < -0.39 is 12.1 Å². The van der Waals surface area contributed by atoms with Crippen molar-refractivity contribution in [3.8, 4) is 0 Å². The molecule has 0 heterocycles. The van der Waals surface area contributed by atoms with E-state index in [1.807, 2.05) is 0 Å². The Balaban J connectivity index is 3.31. The van der Waals surface area contributed by atoms with Gasteiger partial charge in [0.15, 0.2) is 0 Å². The Hall–Kier alpha value is -1.40. The second-order valence-corrected chi connectivity index (χ2v) is 25.3. The number of carbonyl (C=O) groups is 2. The summed E-state index contributed by atoms with van der Waals surface area (Å²) in [4.78, 5) is 24.6. The fraction of sp³-hybridized carbons (Fsp3) is 0.945. The van der Waals surface area contributed by atoms with Crippen LogP contribution >= 0.6 is 0 Å². The lowest BCUT2D eigenvalue weighted by atomic mass is 10.0. The third kappa shape index (κ3) is 65.6. The van der Waals surface area contributed by atoms with Crippen molar-refractivity contribution in [2.45, 2.75) is 431 Å². The van der Waals surface area contributed by atoms with Crippen molar-refractivity contribution in [1.82, 2.24) is 5.32 Å². The maximum atomic E-state index is 12.5. The molecule has 6 heteroatoms. The molecule has 0 aromatic heterocycles. The summed E-state index contributed by atoms with van der Waals surface area (Å²) >= 11 is 0. The lowest BCUT2D eigenvalue weighted by Crippen LogP contribution is -2.45. The van der Waals surface area contributed by atoms with Crippen LogP contribution in [0.25, 0.3) is 0 Å². The number of hydrogen-bond donors (Lipinski definition) is 3. The van der Waals surface area contributed by atoms with Crippen molar-refractivity contribution in [3.05, 3.63) is 12.2 Å². The van der Waals surface area contributed by atoms with Gasteiger partial charge in [-0.2, -0.15) is 0 Å². The van der Waals surface area contributed by atoms with Gasteiger partial charge in [0, 0.05) is 12.8 Å². The summed E-state index contributed by atoms with van der Waals surface area (Å²) < 4.78 is 5.48. The molecule has 0 aliphatic heterocycles. The van der Waals surface area contributed by atoms with Gasteiger partial charge in [-0.05, 0) is 51.4 Å². The highest BCUT2D eigenvalue weighted by Gasteiger charge is 2.20. The van der Waals surface area contributed by atoms with Crippen molar-refractivity contribution in [3.63, 3.8) is 0 Å². The highest BCUT2D eigenvalue weighted by atomic mass is 16.5. The fourth-order valence-corrected chi connectivity index (χ4v) is 11.8. The first-order chi connectivity index (χ1) is 39.0. The molecule has 2 atom stereocenters. The van der Waals surface area contributed by atoms with Crippen molar-refractivity contribution >= 4 is 11.9 Å². The second-order valence-electron chi connectivity index (χ2n) is 25.3. The molecule has 0 aromatic rings. The van der Waals surface area contributed by atoms with Crippen LogP contribution in [-0.2, 0) is 14.3 Å². The van der Waals surface area contributed by atoms with Crippen LogP contribution in [0.1, 0.15) is 418 Å². The Morgan fingerprint density at radius 3 is 0.924 bits per heavy atom. The Morgan fingerprint density at radius 1 is 0.342 bits per heavy atom. The molecule has 2 unspecified atom stereocenters. The summed E-state index contributed by atoms with van der Waals surface area (Å²) in [7, 11) is 0. The van der Waals surface area contributed by atoms with Crippen LogP contribution < -0.4 is 5.32 Å². The van der Waals surface area contributed by atoms with E-state index >= 15 is 0 Å². The first-order valence-electron chi connectivity index (χ1n) is 36.4. The van der Waals surface area contributed by atoms with Crippen LogP contribution in [0.3, 0.4) is 0 Å². The lowest BCUT2D eigenvalue weighted by molar-refractivity contribution is -0.143. The number of ether oxygens (including phenoxy) is 1. The van der Waals surface area contributed by atoms with E-state index in [0.29, 0.717) is 25.9 Å². The van der Waals surface area contributed by atoms with Gasteiger partial charge in [0.2, 0.25) is 5.91 Å². The molecule has 470 valence electrons.